The minimum absolute atomic E-state index is 0.00736. The SMILES string of the molecule is COC(=O)c1cccc(CN2C(=O)C(=C(c3ccc(C(C)=O)cc3)C(C)C)c3ccccc32)c1. The number of rotatable bonds is 6. The lowest BCUT2D eigenvalue weighted by Gasteiger charge is -2.19. The van der Waals surface area contributed by atoms with Crippen molar-refractivity contribution >= 4 is 34.5 Å². The summed E-state index contributed by atoms with van der Waals surface area (Å²) in [4.78, 5) is 39.3. The van der Waals surface area contributed by atoms with E-state index in [1.54, 1.807) is 30.0 Å². The molecule has 1 heterocycles. The van der Waals surface area contributed by atoms with Crippen molar-refractivity contribution < 1.29 is 19.1 Å². The zero-order valence-electron chi connectivity index (χ0n) is 19.8. The minimum atomic E-state index is -0.410. The normalized spacial score (nSPS) is 14.3. The van der Waals surface area contributed by atoms with E-state index in [-0.39, 0.29) is 17.6 Å². The molecular formula is C29H27NO4. The van der Waals surface area contributed by atoms with Crippen molar-refractivity contribution in [2.24, 2.45) is 5.92 Å². The number of amides is 1. The van der Waals surface area contributed by atoms with Crippen molar-refractivity contribution in [3.63, 3.8) is 0 Å². The molecule has 0 atom stereocenters. The van der Waals surface area contributed by atoms with Crippen molar-refractivity contribution in [3.05, 3.63) is 101 Å². The number of ketones is 1. The number of esters is 1. The molecule has 1 aliphatic heterocycles. The lowest BCUT2D eigenvalue weighted by Crippen LogP contribution is -2.26. The fraction of sp³-hybridized carbons (Fsp3) is 0.207. The zero-order chi connectivity index (χ0) is 24.4. The van der Waals surface area contributed by atoms with Crippen LogP contribution in [0.3, 0.4) is 0 Å². The predicted octanol–water partition coefficient (Wildman–Crippen LogP) is 5.79. The molecule has 3 aromatic rings. The summed E-state index contributed by atoms with van der Waals surface area (Å²) in [6.45, 7) is 6.01. The van der Waals surface area contributed by atoms with Crippen LogP contribution in [0.1, 0.15) is 58.2 Å². The molecule has 1 aliphatic rings. The van der Waals surface area contributed by atoms with E-state index in [0.717, 1.165) is 28.0 Å². The number of ether oxygens (including phenoxy) is 1. The van der Waals surface area contributed by atoms with Crippen LogP contribution in [0.2, 0.25) is 0 Å². The number of allylic oxidation sites excluding steroid dienone is 1. The van der Waals surface area contributed by atoms with E-state index < -0.39 is 5.97 Å². The molecule has 0 bridgehead atoms. The van der Waals surface area contributed by atoms with E-state index in [2.05, 4.69) is 13.8 Å². The average Bonchev–Trinajstić information content (AvgIpc) is 3.10. The van der Waals surface area contributed by atoms with Crippen molar-refractivity contribution in [3.8, 4) is 0 Å². The number of methoxy groups -OCH3 is 1. The van der Waals surface area contributed by atoms with Gasteiger partial charge in [-0.2, -0.15) is 0 Å². The molecule has 5 heteroatoms. The minimum Gasteiger partial charge on any atom is -0.465 e. The van der Waals surface area contributed by atoms with Crippen LogP contribution in [0, 0.1) is 5.92 Å². The molecule has 34 heavy (non-hydrogen) atoms. The van der Waals surface area contributed by atoms with E-state index in [1.807, 2.05) is 54.6 Å². The number of anilines is 1. The first-order valence-corrected chi connectivity index (χ1v) is 11.3. The van der Waals surface area contributed by atoms with Gasteiger partial charge in [0.25, 0.3) is 5.91 Å². The Bertz CT molecular complexity index is 1300. The highest BCUT2D eigenvalue weighted by Gasteiger charge is 2.35. The molecule has 0 saturated carbocycles. The Hall–Kier alpha value is -3.99. The maximum absolute atomic E-state index is 13.9. The highest BCUT2D eigenvalue weighted by atomic mass is 16.5. The van der Waals surface area contributed by atoms with Gasteiger partial charge in [0.15, 0.2) is 5.78 Å². The molecule has 0 spiro atoms. The quantitative estimate of drug-likeness (QED) is 0.269. The number of hydrogen-bond donors (Lipinski definition) is 0. The van der Waals surface area contributed by atoms with Crippen LogP contribution in [-0.4, -0.2) is 24.8 Å². The Morgan fingerprint density at radius 3 is 2.21 bits per heavy atom. The molecule has 1 amide bonds. The van der Waals surface area contributed by atoms with Crippen molar-refractivity contribution in [1.82, 2.24) is 0 Å². The van der Waals surface area contributed by atoms with Gasteiger partial charge in [0, 0.05) is 11.1 Å². The Morgan fingerprint density at radius 1 is 0.882 bits per heavy atom. The molecule has 0 N–H and O–H groups in total. The Kier molecular flexibility index (Phi) is 6.46. The fourth-order valence-corrected chi connectivity index (χ4v) is 4.45. The number of para-hydroxylation sites is 1. The van der Waals surface area contributed by atoms with Crippen molar-refractivity contribution in [2.75, 3.05) is 12.0 Å². The third-order valence-corrected chi connectivity index (χ3v) is 6.06. The van der Waals surface area contributed by atoms with Gasteiger partial charge in [0.1, 0.15) is 0 Å². The van der Waals surface area contributed by atoms with Gasteiger partial charge in [0.05, 0.1) is 30.5 Å². The van der Waals surface area contributed by atoms with Crippen LogP contribution < -0.4 is 4.90 Å². The largest absolute Gasteiger partial charge is 0.465 e. The number of Topliss-reactive ketones (excluding diaryl/α,β-unsaturated/α-hetero) is 1. The van der Waals surface area contributed by atoms with E-state index >= 15 is 0 Å². The Labute approximate surface area is 199 Å². The van der Waals surface area contributed by atoms with Crippen LogP contribution in [0.5, 0.6) is 0 Å². The first-order valence-electron chi connectivity index (χ1n) is 11.3. The van der Waals surface area contributed by atoms with Crippen LogP contribution in [0.4, 0.5) is 5.69 Å². The topological polar surface area (TPSA) is 63.7 Å². The number of nitrogens with zero attached hydrogens (tertiary/aromatic N) is 1. The summed E-state index contributed by atoms with van der Waals surface area (Å²) in [6.07, 6.45) is 0. The molecule has 0 radical (unpaired) electrons. The summed E-state index contributed by atoms with van der Waals surface area (Å²) >= 11 is 0. The third kappa shape index (κ3) is 4.29. The van der Waals surface area contributed by atoms with Crippen LogP contribution in [0.15, 0.2) is 72.8 Å². The molecule has 0 aromatic heterocycles. The van der Waals surface area contributed by atoms with Gasteiger partial charge in [-0.3, -0.25) is 9.59 Å². The van der Waals surface area contributed by atoms with E-state index in [9.17, 15) is 14.4 Å². The smallest absolute Gasteiger partial charge is 0.337 e. The van der Waals surface area contributed by atoms with E-state index in [4.69, 9.17) is 4.74 Å². The van der Waals surface area contributed by atoms with Gasteiger partial charge in [-0.05, 0) is 47.7 Å². The number of hydrogen-bond acceptors (Lipinski definition) is 4. The molecule has 0 aliphatic carbocycles. The first kappa shape index (κ1) is 23.2. The zero-order valence-corrected chi connectivity index (χ0v) is 19.8. The standard InChI is InChI=1S/C29H27NO4/c1-18(2)26(22-14-12-21(13-15-22)19(3)31)27-24-10-5-6-11-25(24)30(28(27)32)17-20-8-7-9-23(16-20)29(33)34-4/h5-16,18H,17H2,1-4H3. The van der Waals surface area contributed by atoms with Gasteiger partial charge in [-0.25, -0.2) is 4.79 Å². The average molecular weight is 454 g/mol. The Balaban J connectivity index is 1.80. The van der Waals surface area contributed by atoms with Gasteiger partial charge in [-0.1, -0.05) is 68.4 Å². The highest BCUT2D eigenvalue weighted by Crippen LogP contribution is 2.43. The van der Waals surface area contributed by atoms with E-state index in [1.165, 1.54) is 7.11 Å². The number of fused-ring (bicyclic) bond motifs is 1. The summed E-state index contributed by atoms with van der Waals surface area (Å²) < 4.78 is 4.84. The van der Waals surface area contributed by atoms with Gasteiger partial charge in [-0.15, -0.1) is 0 Å². The maximum Gasteiger partial charge on any atom is 0.337 e. The third-order valence-electron chi connectivity index (χ3n) is 6.06. The second-order valence-electron chi connectivity index (χ2n) is 8.68. The van der Waals surface area contributed by atoms with Crippen molar-refractivity contribution in [2.45, 2.75) is 27.3 Å². The number of carbonyl (C=O) groups is 3. The summed E-state index contributed by atoms with van der Waals surface area (Å²) in [5.74, 6) is -0.401. The molecule has 5 nitrogen and oxygen atoms in total. The molecule has 0 fully saturated rings. The van der Waals surface area contributed by atoms with Crippen molar-refractivity contribution in [1.29, 1.82) is 0 Å². The molecule has 4 rings (SSSR count). The number of benzene rings is 3. The van der Waals surface area contributed by atoms with Crippen LogP contribution >= 0.6 is 0 Å². The van der Waals surface area contributed by atoms with Gasteiger partial charge in [0.2, 0.25) is 0 Å². The summed E-state index contributed by atoms with van der Waals surface area (Å²) in [7, 11) is 1.35. The first-order chi connectivity index (χ1) is 16.3. The predicted molar refractivity (Wildman–Crippen MR) is 134 cm³/mol. The second kappa shape index (κ2) is 9.48. The number of carbonyl (C=O) groups excluding carboxylic acids is 3. The van der Waals surface area contributed by atoms with Crippen LogP contribution in [0.25, 0.3) is 11.1 Å². The molecular weight excluding hydrogens is 426 g/mol. The molecule has 172 valence electrons. The second-order valence-corrected chi connectivity index (χ2v) is 8.68. The molecule has 0 saturated heterocycles. The van der Waals surface area contributed by atoms with E-state index in [0.29, 0.717) is 23.2 Å². The monoisotopic (exact) mass is 453 g/mol. The molecule has 0 unspecified atom stereocenters. The van der Waals surface area contributed by atoms with Crippen LogP contribution in [-0.2, 0) is 16.1 Å². The molecule has 3 aromatic carbocycles. The Morgan fingerprint density at radius 2 is 1.56 bits per heavy atom. The summed E-state index contributed by atoms with van der Waals surface area (Å²) in [5.41, 5.74) is 6.19. The van der Waals surface area contributed by atoms with Gasteiger partial charge < -0.3 is 9.64 Å². The highest BCUT2D eigenvalue weighted by molar-refractivity contribution is 6.37. The summed E-state index contributed by atoms with van der Waals surface area (Å²) in [6, 6.07) is 22.4. The lowest BCUT2D eigenvalue weighted by atomic mass is 9.87. The maximum atomic E-state index is 13.9. The fourth-order valence-electron chi connectivity index (χ4n) is 4.45. The van der Waals surface area contributed by atoms with Gasteiger partial charge >= 0.3 is 5.97 Å². The lowest BCUT2D eigenvalue weighted by molar-refractivity contribution is -0.113. The summed E-state index contributed by atoms with van der Waals surface area (Å²) in [5, 5.41) is 0.